The van der Waals surface area contributed by atoms with Crippen molar-refractivity contribution < 1.29 is 23.8 Å². The second-order valence-electron chi connectivity index (χ2n) is 9.06. The lowest BCUT2D eigenvalue weighted by molar-refractivity contribution is -0.131. The predicted octanol–water partition coefficient (Wildman–Crippen LogP) is 3.66. The molecule has 4 rings (SSSR count). The van der Waals surface area contributed by atoms with Gasteiger partial charge in [-0.05, 0) is 67.0 Å². The van der Waals surface area contributed by atoms with E-state index in [0.29, 0.717) is 55.6 Å². The fourth-order valence-corrected chi connectivity index (χ4v) is 5.22. The molecular weight excluding hydrogens is 432 g/mol. The van der Waals surface area contributed by atoms with Gasteiger partial charge in [0.25, 0.3) is 5.91 Å². The number of benzene rings is 2. The summed E-state index contributed by atoms with van der Waals surface area (Å²) >= 11 is 0. The Kier molecular flexibility index (Phi) is 7.60. The average molecular weight is 467 g/mol. The molecule has 2 amide bonds. The number of hydrogen-bond donors (Lipinski definition) is 0. The normalized spacial score (nSPS) is 20.4. The third kappa shape index (κ3) is 5.13. The first kappa shape index (κ1) is 23.9. The molecule has 2 aliphatic heterocycles. The number of likely N-dealkylation sites (tertiary alicyclic amines) is 2. The molecule has 0 spiro atoms. The van der Waals surface area contributed by atoms with Gasteiger partial charge in [-0.3, -0.25) is 9.59 Å². The van der Waals surface area contributed by atoms with Gasteiger partial charge in [-0.25, -0.2) is 0 Å². The van der Waals surface area contributed by atoms with Crippen LogP contribution in [0.1, 0.15) is 35.2 Å². The Hall–Kier alpha value is -3.22. The van der Waals surface area contributed by atoms with Gasteiger partial charge < -0.3 is 24.0 Å². The van der Waals surface area contributed by atoms with E-state index in [0.717, 1.165) is 36.4 Å². The number of para-hydroxylation sites is 1. The van der Waals surface area contributed by atoms with Gasteiger partial charge in [0, 0.05) is 38.2 Å². The van der Waals surface area contributed by atoms with Crippen LogP contribution < -0.4 is 14.2 Å². The minimum atomic E-state index is 0.0543. The number of amides is 2. The third-order valence-electron chi connectivity index (χ3n) is 7.21. The van der Waals surface area contributed by atoms with E-state index in [9.17, 15) is 9.59 Å². The van der Waals surface area contributed by atoms with Gasteiger partial charge in [-0.2, -0.15) is 0 Å². The second kappa shape index (κ2) is 10.8. The molecule has 2 aromatic rings. The Morgan fingerprint density at radius 1 is 0.941 bits per heavy atom. The van der Waals surface area contributed by atoms with E-state index >= 15 is 0 Å². The second-order valence-corrected chi connectivity index (χ2v) is 9.06. The predicted molar refractivity (Wildman–Crippen MR) is 130 cm³/mol. The molecule has 2 aliphatic rings. The Morgan fingerprint density at radius 2 is 1.71 bits per heavy atom. The number of nitrogens with zero attached hydrogens (tertiary/aromatic N) is 2. The zero-order chi connectivity index (χ0) is 24.1. The minimum Gasteiger partial charge on any atom is -0.497 e. The number of piperidine rings is 1. The summed E-state index contributed by atoms with van der Waals surface area (Å²) < 4.78 is 16.1. The van der Waals surface area contributed by atoms with Gasteiger partial charge in [0.1, 0.15) is 5.75 Å². The molecular formula is C27H34N2O5. The molecule has 7 heteroatoms. The van der Waals surface area contributed by atoms with E-state index in [1.807, 2.05) is 52.3 Å². The topological polar surface area (TPSA) is 68.3 Å². The van der Waals surface area contributed by atoms with E-state index in [2.05, 4.69) is 0 Å². The highest BCUT2D eigenvalue weighted by atomic mass is 16.5. The van der Waals surface area contributed by atoms with Crippen LogP contribution in [0.25, 0.3) is 0 Å². The molecule has 2 fully saturated rings. The highest BCUT2D eigenvalue weighted by molar-refractivity contribution is 5.94. The van der Waals surface area contributed by atoms with Crippen molar-refractivity contribution in [2.45, 2.75) is 25.7 Å². The quantitative estimate of drug-likeness (QED) is 0.623. The summed E-state index contributed by atoms with van der Waals surface area (Å²) in [5, 5.41) is 0. The summed E-state index contributed by atoms with van der Waals surface area (Å²) in [5.74, 6) is 3.12. The van der Waals surface area contributed by atoms with Crippen molar-refractivity contribution in [3.63, 3.8) is 0 Å². The van der Waals surface area contributed by atoms with Gasteiger partial charge in [0.2, 0.25) is 5.91 Å². The summed E-state index contributed by atoms with van der Waals surface area (Å²) in [4.78, 5) is 30.0. The van der Waals surface area contributed by atoms with Crippen LogP contribution >= 0.6 is 0 Å². The van der Waals surface area contributed by atoms with Crippen LogP contribution in [0, 0.1) is 11.8 Å². The van der Waals surface area contributed by atoms with Crippen LogP contribution in [0.2, 0.25) is 0 Å². The van der Waals surface area contributed by atoms with Crippen LogP contribution in [0.3, 0.4) is 0 Å². The molecule has 0 bridgehead atoms. The maximum Gasteiger partial charge on any atom is 0.253 e. The molecule has 2 unspecified atom stereocenters. The van der Waals surface area contributed by atoms with Crippen LogP contribution in [-0.2, 0) is 11.2 Å². The van der Waals surface area contributed by atoms with Crippen LogP contribution in [0.4, 0.5) is 0 Å². The minimum absolute atomic E-state index is 0.0543. The molecule has 0 saturated carbocycles. The molecule has 0 N–H and O–H groups in total. The van der Waals surface area contributed by atoms with Crippen LogP contribution in [0.5, 0.6) is 17.2 Å². The van der Waals surface area contributed by atoms with Crippen molar-refractivity contribution >= 4 is 11.8 Å². The van der Waals surface area contributed by atoms with E-state index in [4.69, 9.17) is 14.2 Å². The zero-order valence-corrected chi connectivity index (χ0v) is 20.3. The smallest absolute Gasteiger partial charge is 0.253 e. The number of methoxy groups -OCH3 is 3. The number of hydrogen-bond acceptors (Lipinski definition) is 5. The Labute approximate surface area is 201 Å². The standard InChI is InChI=1S/C27H34N2O5/c1-32-23-9-7-20(8-10-23)27(31)29-16-12-21-17-25(30)28(15-13-22(21)18-29)14-11-19-5-4-6-24(33-2)26(19)34-3/h4-10,21-22H,11-18H2,1-3H3. The molecule has 34 heavy (non-hydrogen) atoms. The molecule has 0 radical (unpaired) electrons. The van der Waals surface area contributed by atoms with Crippen LogP contribution in [-0.4, -0.2) is 69.1 Å². The number of ether oxygens (including phenoxy) is 3. The Bertz CT molecular complexity index is 1010. The molecule has 2 saturated heterocycles. The van der Waals surface area contributed by atoms with Gasteiger partial charge in [-0.1, -0.05) is 12.1 Å². The van der Waals surface area contributed by atoms with Crippen molar-refractivity contribution in [1.29, 1.82) is 0 Å². The maximum atomic E-state index is 13.0. The highest BCUT2D eigenvalue weighted by Gasteiger charge is 2.36. The molecule has 182 valence electrons. The van der Waals surface area contributed by atoms with E-state index in [1.165, 1.54) is 0 Å². The largest absolute Gasteiger partial charge is 0.497 e. The van der Waals surface area contributed by atoms with E-state index in [1.54, 1.807) is 21.3 Å². The van der Waals surface area contributed by atoms with Crippen molar-refractivity contribution in [3.05, 3.63) is 53.6 Å². The van der Waals surface area contributed by atoms with Crippen molar-refractivity contribution in [2.75, 3.05) is 47.5 Å². The lowest BCUT2D eigenvalue weighted by Crippen LogP contribution is -2.43. The van der Waals surface area contributed by atoms with Crippen molar-refractivity contribution in [1.82, 2.24) is 9.80 Å². The number of carbonyl (C=O) groups excluding carboxylic acids is 2. The SMILES string of the molecule is COc1ccc(C(=O)N2CCC3CC(=O)N(CCc4cccc(OC)c4OC)CCC3C2)cc1. The molecule has 7 nitrogen and oxygen atoms in total. The monoisotopic (exact) mass is 466 g/mol. The number of carbonyl (C=O) groups is 2. The first-order valence-corrected chi connectivity index (χ1v) is 11.9. The van der Waals surface area contributed by atoms with E-state index < -0.39 is 0 Å². The first-order chi connectivity index (χ1) is 16.5. The molecule has 2 aromatic carbocycles. The van der Waals surface area contributed by atoms with Crippen molar-refractivity contribution in [2.24, 2.45) is 11.8 Å². The highest BCUT2D eigenvalue weighted by Crippen LogP contribution is 2.34. The summed E-state index contributed by atoms with van der Waals surface area (Å²) in [6, 6.07) is 13.1. The zero-order valence-electron chi connectivity index (χ0n) is 20.3. The lowest BCUT2D eigenvalue weighted by Gasteiger charge is -2.37. The summed E-state index contributed by atoms with van der Waals surface area (Å²) in [7, 11) is 4.89. The molecule has 2 atom stereocenters. The molecule has 2 heterocycles. The van der Waals surface area contributed by atoms with Gasteiger partial charge in [0.15, 0.2) is 11.5 Å². The maximum absolute atomic E-state index is 13.0. The first-order valence-electron chi connectivity index (χ1n) is 11.9. The summed E-state index contributed by atoms with van der Waals surface area (Å²) in [6.07, 6.45) is 3.06. The van der Waals surface area contributed by atoms with Crippen molar-refractivity contribution in [3.8, 4) is 17.2 Å². The number of fused-ring (bicyclic) bond motifs is 1. The lowest BCUT2D eigenvalue weighted by atomic mass is 9.82. The van der Waals surface area contributed by atoms with Gasteiger partial charge >= 0.3 is 0 Å². The fraction of sp³-hybridized carbons (Fsp3) is 0.481. The summed E-state index contributed by atoms with van der Waals surface area (Å²) in [6.45, 7) is 2.77. The van der Waals surface area contributed by atoms with Gasteiger partial charge in [0.05, 0.1) is 21.3 Å². The van der Waals surface area contributed by atoms with Gasteiger partial charge in [-0.15, -0.1) is 0 Å². The average Bonchev–Trinajstić information content (AvgIpc) is 3.04. The molecule has 0 aliphatic carbocycles. The summed E-state index contributed by atoms with van der Waals surface area (Å²) in [5.41, 5.74) is 1.71. The molecule has 0 aromatic heterocycles. The Morgan fingerprint density at radius 3 is 2.41 bits per heavy atom. The van der Waals surface area contributed by atoms with Crippen LogP contribution in [0.15, 0.2) is 42.5 Å². The fourth-order valence-electron chi connectivity index (χ4n) is 5.22. The number of rotatable bonds is 7. The third-order valence-corrected chi connectivity index (χ3v) is 7.21. The van der Waals surface area contributed by atoms with E-state index in [-0.39, 0.29) is 11.8 Å². The Balaban J connectivity index is 1.37.